The zero-order chi connectivity index (χ0) is 13.3. The molecule has 0 aromatic carbocycles. The monoisotopic (exact) mass is 263 g/mol. The maximum absolute atomic E-state index is 11.6. The Hall–Kier alpha value is -1.46. The van der Waals surface area contributed by atoms with Crippen LogP contribution in [0.25, 0.3) is 0 Å². The molecule has 1 aromatic rings. The van der Waals surface area contributed by atoms with E-state index in [0.717, 1.165) is 38.0 Å². The first-order valence-corrected chi connectivity index (χ1v) is 6.83. The summed E-state index contributed by atoms with van der Waals surface area (Å²) in [4.78, 5) is 15.8. The van der Waals surface area contributed by atoms with Crippen molar-refractivity contribution >= 4 is 5.91 Å². The standard InChI is InChI=1S/C14H21N3O2/c18-14(11-19-13-5-8-15-9-6-13)17-10-4-12-3-1-2-7-16-12/h1-3,7,13,15H,4-6,8-11H2,(H,17,18). The molecule has 5 heteroatoms. The molecule has 19 heavy (non-hydrogen) atoms. The lowest BCUT2D eigenvalue weighted by atomic mass is 10.1. The molecule has 1 aliphatic rings. The van der Waals surface area contributed by atoms with E-state index < -0.39 is 0 Å². The van der Waals surface area contributed by atoms with Crippen molar-refractivity contribution < 1.29 is 9.53 Å². The van der Waals surface area contributed by atoms with Gasteiger partial charge in [0.2, 0.25) is 5.91 Å². The molecule has 1 aromatic heterocycles. The van der Waals surface area contributed by atoms with Crippen LogP contribution in [0.5, 0.6) is 0 Å². The third-order valence-electron chi connectivity index (χ3n) is 3.17. The van der Waals surface area contributed by atoms with E-state index >= 15 is 0 Å². The molecule has 1 fully saturated rings. The minimum absolute atomic E-state index is 0.0468. The fourth-order valence-electron chi connectivity index (χ4n) is 2.08. The van der Waals surface area contributed by atoms with Gasteiger partial charge in [-0.25, -0.2) is 0 Å². The number of pyridine rings is 1. The van der Waals surface area contributed by atoms with Crippen LogP contribution < -0.4 is 10.6 Å². The topological polar surface area (TPSA) is 63.2 Å². The van der Waals surface area contributed by atoms with Gasteiger partial charge in [-0.3, -0.25) is 9.78 Å². The summed E-state index contributed by atoms with van der Waals surface area (Å²) < 4.78 is 5.58. The molecule has 1 aliphatic heterocycles. The first-order chi connectivity index (χ1) is 9.34. The first-order valence-electron chi connectivity index (χ1n) is 6.83. The van der Waals surface area contributed by atoms with Crippen molar-refractivity contribution in [1.29, 1.82) is 0 Å². The molecule has 0 bridgehead atoms. The molecule has 0 unspecified atom stereocenters. The molecular weight excluding hydrogens is 242 g/mol. The number of hydrogen-bond acceptors (Lipinski definition) is 4. The normalized spacial score (nSPS) is 16.2. The lowest BCUT2D eigenvalue weighted by molar-refractivity contribution is -0.128. The summed E-state index contributed by atoms with van der Waals surface area (Å²) in [5.41, 5.74) is 0.988. The van der Waals surface area contributed by atoms with E-state index in [4.69, 9.17) is 4.74 Å². The van der Waals surface area contributed by atoms with E-state index in [2.05, 4.69) is 15.6 Å². The number of amides is 1. The fourth-order valence-corrected chi connectivity index (χ4v) is 2.08. The van der Waals surface area contributed by atoms with Gasteiger partial charge in [-0.15, -0.1) is 0 Å². The largest absolute Gasteiger partial charge is 0.368 e. The summed E-state index contributed by atoms with van der Waals surface area (Å²) >= 11 is 0. The highest BCUT2D eigenvalue weighted by atomic mass is 16.5. The fraction of sp³-hybridized carbons (Fsp3) is 0.571. The van der Waals surface area contributed by atoms with Crippen LogP contribution in [0.4, 0.5) is 0 Å². The van der Waals surface area contributed by atoms with Gasteiger partial charge in [0, 0.05) is 24.9 Å². The third kappa shape index (κ3) is 5.36. The molecule has 5 nitrogen and oxygen atoms in total. The van der Waals surface area contributed by atoms with Gasteiger partial charge in [0.1, 0.15) is 6.61 Å². The summed E-state index contributed by atoms with van der Waals surface area (Å²) in [6.45, 7) is 2.72. The first kappa shape index (κ1) is 14.0. The highest BCUT2D eigenvalue weighted by Gasteiger charge is 2.14. The predicted molar refractivity (Wildman–Crippen MR) is 72.8 cm³/mol. The molecule has 104 valence electrons. The number of nitrogens with one attached hydrogen (secondary N) is 2. The maximum atomic E-state index is 11.6. The van der Waals surface area contributed by atoms with Crippen LogP contribution in [0.1, 0.15) is 18.5 Å². The number of nitrogens with zero attached hydrogens (tertiary/aromatic N) is 1. The van der Waals surface area contributed by atoms with Crippen LogP contribution in [0, 0.1) is 0 Å². The van der Waals surface area contributed by atoms with Crippen molar-refractivity contribution in [2.75, 3.05) is 26.2 Å². The number of carbonyl (C=O) groups is 1. The molecule has 0 atom stereocenters. The van der Waals surface area contributed by atoms with Crippen molar-refractivity contribution in [2.45, 2.75) is 25.4 Å². The average Bonchev–Trinajstić information content (AvgIpc) is 2.47. The van der Waals surface area contributed by atoms with Gasteiger partial charge in [-0.05, 0) is 38.1 Å². The summed E-state index contributed by atoms with van der Waals surface area (Å²) in [6.07, 6.45) is 4.71. The number of carbonyl (C=O) groups excluding carboxylic acids is 1. The Morgan fingerprint density at radius 3 is 3.00 bits per heavy atom. The second-order valence-corrected chi connectivity index (χ2v) is 4.68. The van der Waals surface area contributed by atoms with E-state index in [1.165, 1.54) is 0 Å². The number of hydrogen-bond donors (Lipinski definition) is 2. The smallest absolute Gasteiger partial charge is 0.246 e. The van der Waals surface area contributed by atoms with Crippen molar-refractivity contribution in [3.8, 4) is 0 Å². The average molecular weight is 263 g/mol. The Morgan fingerprint density at radius 2 is 2.26 bits per heavy atom. The molecule has 2 rings (SSSR count). The van der Waals surface area contributed by atoms with Crippen LogP contribution in [-0.4, -0.2) is 43.2 Å². The molecule has 0 aliphatic carbocycles. The summed E-state index contributed by atoms with van der Waals surface area (Å²) in [5, 5.41) is 6.12. The Kier molecular flexibility index (Phi) is 5.78. The Bertz CT molecular complexity index is 378. The summed E-state index contributed by atoms with van der Waals surface area (Å²) in [7, 11) is 0. The molecule has 2 N–H and O–H groups in total. The number of rotatable bonds is 6. The second-order valence-electron chi connectivity index (χ2n) is 4.68. The quantitative estimate of drug-likeness (QED) is 0.785. The SMILES string of the molecule is O=C(COC1CCNCC1)NCCc1ccccn1. The zero-order valence-electron chi connectivity index (χ0n) is 11.1. The van der Waals surface area contributed by atoms with Gasteiger partial charge >= 0.3 is 0 Å². The Labute approximate surface area is 113 Å². The van der Waals surface area contributed by atoms with E-state index in [1.54, 1.807) is 6.20 Å². The van der Waals surface area contributed by atoms with E-state index in [-0.39, 0.29) is 18.6 Å². The van der Waals surface area contributed by atoms with Gasteiger partial charge in [-0.1, -0.05) is 6.07 Å². The highest BCUT2D eigenvalue weighted by molar-refractivity contribution is 5.77. The molecular formula is C14H21N3O2. The van der Waals surface area contributed by atoms with Crippen molar-refractivity contribution in [1.82, 2.24) is 15.6 Å². The minimum Gasteiger partial charge on any atom is -0.368 e. The van der Waals surface area contributed by atoms with Crippen molar-refractivity contribution in [3.05, 3.63) is 30.1 Å². The number of ether oxygens (including phenoxy) is 1. The second kappa shape index (κ2) is 7.86. The lowest BCUT2D eigenvalue weighted by Gasteiger charge is -2.22. The van der Waals surface area contributed by atoms with Crippen molar-refractivity contribution in [3.63, 3.8) is 0 Å². The number of aromatic nitrogens is 1. The molecule has 2 heterocycles. The van der Waals surface area contributed by atoms with Gasteiger partial charge < -0.3 is 15.4 Å². The Morgan fingerprint density at radius 1 is 1.42 bits per heavy atom. The summed E-state index contributed by atoms with van der Waals surface area (Å²) in [6, 6.07) is 5.79. The Balaban J connectivity index is 1.57. The molecule has 0 saturated carbocycles. The lowest BCUT2D eigenvalue weighted by Crippen LogP contribution is -2.36. The molecule has 0 spiro atoms. The van der Waals surface area contributed by atoms with E-state index in [1.807, 2.05) is 18.2 Å². The van der Waals surface area contributed by atoms with Crippen LogP contribution in [0.3, 0.4) is 0 Å². The number of piperidine rings is 1. The molecule has 1 saturated heterocycles. The van der Waals surface area contributed by atoms with Crippen LogP contribution in [0.2, 0.25) is 0 Å². The molecule has 1 amide bonds. The van der Waals surface area contributed by atoms with E-state index in [9.17, 15) is 4.79 Å². The summed E-state index contributed by atoms with van der Waals surface area (Å²) in [5.74, 6) is -0.0468. The minimum atomic E-state index is -0.0468. The molecule has 0 radical (unpaired) electrons. The highest BCUT2D eigenvalue weighted by Crippen LogP contribution is 2.06. The van der Waals surface area contributed by atoms with Crippen molar-refractivity contribution in [2.24, 2.45) is 0 Å². The van der Waals surface area contributed by atoms with Crippen LogP contribution in [-0.2, 0) is 16.0 Å². The van der Waals surface area contributed by atoms with Crippen LogP contribution >= 0.6 is 0 Å². The van der Waals surface area contributed by atoms with Gasteiger partial charge in [0.05, 0.1) is 6.10 Å². The van der Waals surface area contributed by atoms with Crippen LogP contribution in [0.15, 0.2) is 24.4 Å². The third-order valence-corrected chi connectivity index (χ3v) is 3.17. The predicted octanol–water partition coefficient (Wildman–Crippen LogP) is 0.509. The van der Waals surface area contributed by atoms with E-state index in [0.29, 0.717) is 6.54 Å². The maximum Gasteiger partial charge on any atom is 0.246 e. The van der Waals surface area contributed by atoms with Gasteiger partial charge in [-0.2, -0.15) is 0 Å². The zero-order valence-corrected chi connectivity index (χ0v) is 11.1. The van der Waals surface area contributed by atoms with Gasteiger partial charge in [0.15, 0.2) is 0 Å². The van der Waals surface area contributed by atoms with Gasteiger partial charge in [0.25, 0.3) is 0 Å².